The van der Waals surface area contributed by atoms with Crippen LogP contribution < -0.4 is 9.47 Å². The number of nitrogens with zero attached hydrogens (tertiary/aromatic N) is 5. The van der Waals surface area contributed by atoms with Gasteiger partial charge in [-0.1, -0.05) is 12.1 Å². The van der Waals surface area contributed by atoms with Gasteiger partial charge in [0.1, 0.15) is 11.6 Å². The second-order valence-electron chi connectivity index (χ2n) is 7.45. The number of hydrogen-bond acceptors (Lipinski definition) is 8. The van der Waals surface area contributed by atoms with Gasteiger partial charge in [0.2, 0.25) is 11.6 Å². The van der Waals surface area contributed by atoms with Gasteiger partial charge in [-0.15, -0.1) is 10.2 Å². The van der Waals surface area contributed by atoms with Crippen molar-refractivity contribution in [2.24, 2.45) is 0 Å². The van der Waals surface area contributed by atoms with Gasteiger partial charge in [0, 0.05) is 12.0 Å². The molecule has 0 radical (unpaired) electrons. The van der Waals surface area contributed by atoms with Crippen LogP contribution in [0.2, 0.25) is 0 Å². The Balaban J connectivity index is 1.31. The summed E-state index contributed by atoms with van der Waals surface area (Å²) in [5.74, 6) is -1.14. The minimum atomic E-state index is -4.49. The van der Waals surface area contributed by atoms with Crippen LogP contribution in [0, 0.1) is 5.82 Å². The van der Waals surface area contributed by atoms with E-state index in [2.05, 4.69) is 36.5 Å². The molecular weight excluding hydrogens is 570 g/mol. The standard InChI is InChI=1S/C22H16BrF4N5O5/c23-15-9-16(24)14(12-2-4-13(5-3-12)22(25,26)27)8-17(15)35-6-1-7-36-19-10-18(37-30-19)21-28-31-32(29-21)11-20(33)34/h2-5,8-10H,1,6-7,11H2,(H,33,34). The Morgan fingerprint density at radius 2 is 1.84 bits per heavy atom. The van der Waals surface area contributed by atoms with Crippen LogP contribution in [0.5, 0.6) is 11.6 Å². The van der Waals surface area contributed by atoms with Gasteiger partial charge in [0.25, 0.3) is 5.88 Å². The number of ether oxygens (including phenoxy) is 2. The normalized spacial score (nSPS) is 11.5. The van der Waals surface area contributed by atoms with Crippen LogP contribution in [0.25, 0.3) is 22.7 Å². The summed E-state index contributed by atoms with van der Waals surface area (Å²) in [5, 5.41) is 23.6. The molecule has 0 atom stereocenters. The van der Waals surface area contributed by atoms with Gasteiger partial charge >= 0.3 is 12.1 Å². The second-order valence-corrected chi connectivity index (χ2v) is 8.31. The van der Waals surface area contributed by atoms with E-state index in [0.717, 1.165) is 16.9 Å². The summed E-state index contributed by atoms with van der Waals surface area (Å²) < 4.78 is 69.4. The summed E-state index contributed by atoms with van der Waals surface area (Å²) in [6, 6.07) is 8.16. The molecule has 15 heteroatoms. The van der Waals surface area contributed by atoms with Gasteiger partial charge in [-0.2, -0.15) is 18.0 Å². The number of alkyl halides is 3. The first-order chi connectivity index (χ1) is 17.6. The van der Waals surface area contributed by atoms with Crippen LogP contribution in [0.1, 0.15) is 12.0 Å². The van der Waals surface area contributed by atoms with Crippen molar-refractivity contribution < 1.29 is 41.5 Å². The summed E-state index contributed by atoms with van der Waals surface area (Å²) in [7, 11) is 0. The Bertz CT molecular complexity index is 1390. The van der Waals surface area contributed by atoms with Gasteiger partial charge in [-0.25, -0.2) is 4.39 Å². The van der Waals surface area contributed by atoms with Crippen molar-refractivity contribution in [2.45, 2.75) is 19.1 Å². The smallest absolute Gasteiger partial charge is 0.416 e. The van der Waals surface area contributed by atoms with Crippen molar-refractivity contribution >= 4 is 21.9 Å². The third kappa shape index (κ3) is 6.61. The van der Waals surface area contributed by atoms with E-state index >= 15 is 0 Å². The molecule has 0 spiro atoms. The molecule has 4 rings (SSSR count). The zero-order chi connectivity index (χ0) is 26.6. The molecule has 194 valence electrons. The van der Waals surface area contributed by atoms with Gasteiger partial charge in [0.15, 0.2) is 6.54 Å². The highest BCUT2D eigenvalue weighted by atomic mass is 79.9. The molecule has 0 unspecified atom stereocenters. The molecule has 0 bridgehead atoms. The largest absolute Gasteiger partial charge is 0.492 e. The molecule has 0 aliphatic rings. The molecule has 0 saturated heterocycles. The fourth-order valence-electron chi connectivity index (χ4n) is 3.08. The Morgan fingerprint density at radius 3 is 2.54 bits per heavy atom. The molecule has 10 nitrogen and oxygen atoms in total. The molecule has 0 saturated carbocycles. The molecule has 0 aliphatic heterocycles. The van der Waals surface area contributed by atoms with E-state index < -0.39 is 30.1 Å². The van der Waals surface area contributed by atoms with Crippen LogP contribution in [0.15, 0.2) is 51.5 Å². The number of halogens is 5. The predicted octanol–water partition coefficient (Wildman–Crippen LogP) is 4.85. The molecule has 0 fully saturated rings. The molecule has 1 N–H and O–H groups in total. The van der Waals surface area contributed by atoms with E-state index in [0.29, 0.717) is 16.6 Å². The van der Waals surface area contributed by atoms with E-state index in [9.17, 15) is 22.4 Å². The molecular formula is C22H16BrF4N5O5. The number of tetrazole rings is 1. The maximum Gasteiger partial charge on any atom is 0.416 e. The first kappa shape index (κ1) is 26.1. The summed E-state index contributed by atoms with van der Waals surface area (Å²) in [5.41, 5.74) is -0.469. The van der Waals surface area contributed by atoms with Crippen molar-refractivity contribution in [1.29, 1.82) is 0 Å². The molecule has 4 aromatic rings. The van der Waals surface area contributed by atoms with Crippen molar-refractivity contribution in [3.05, 3.63) is 58.3 Å². The number of carbonyl (C=O) groups is 1. The van der Waals surface area contributed by atoms with Crippen molar-refractivity contribution in [1.82, 2.24) is 25.4 Å². The minimum Gasteiger partial charge on any atom is -0.492 e. The van der Waals surface area contributed by atoms with Crippen molar-refractivity contribution in [3.63, 3.8) is 0 Å². The third-order valence-corrected chi connectivity index (χ3v) is 5.40. The highest BCUT2D eigenvalue weighted by Crippen LogP contribution is 2.35. The lowest BCUT2D eigenvalue weighted by Gasteiger charge is -2.12. The summed E-state index contributed by atoms with van der Waals surface area (Å²) >= 11 is 3.22. The first-order valence-corrected chi connectivity index (χ1v) is 11.3. The fraction of sp³-hybridized carbons (Fsp3) is 0.227. The quantitative estimate of drug-likeness (QED) is 0.205. The maximum atomic E-state index is 14.5. The van der Waals surface area contributed by atoms with E-state index in [1.54, 1.807) is 0 Å². The number of aliphatic carboxylic acids is 1. The van der Waals surface area contributed by atoms with E-state index in [-0.39, 0.29) is 41.8 Å². The highest BCUT2D eigenvalue weighted by molar-refractivity contribution is 9.10. The Hall–Kier alpha value is -4.01. The number of carboxylic acids is 1. The number of rotatable bonds is 10. The Morgan fingerprint density at radius 1 is 1.11 bits per heavy atom. The van der Waals surface area contributed by atoms with Crippen molar-refractivity contribution in [2.75, 3.05) is 13.2 Å². The highest BCUT2D eigenvalue weighted by Gasteiger charge is 2.30. The van der Waals surface area contributed by atoms with Gasteiger partial charge in [-0.05, 0) is 56.1 Å². The zero-order valence-corrected chi connectivity index (χ0v) is 20.2. The number of benzene rings is 2. The lowest BCUT2D eigenvalue weighted by molar-refractivity contribution is -0.138. The average molecular weight is 586 g/mol. The van der Waals surface area contributed by atoms with Gasteiger partial charge < -0.3 is 19.1 Å². The van der Waals surface area contributed by atoms with Crippen LogP contribution in [-0.4, -0.2) is 49.7 Å². The Kier molecular flexibility index (Phi) is 7.71. The van der Waals surface area contributed by atoms with Crippen LogP contribution in [0.4, 0.5) is 17.6 Å². The third-order valence-electron chi connectivity index (χ3n) is 4.78. The molecule has 0 amide bonds. The summed E-state index contributed by atoms with van der Waals surface area (Å²) in [6.45, 7) is -0.108. The fourth-order valence-corrected chi connectivity index (χ4v) is 3.51. The topological polar surface area (TPSA) is 125 Å². The van der Waals surface area contributed by atoms with E-state index in [1.165, 1.54) is 30.3 Å². The summed E-state index contributed by atoms with van der Waals surface area (Å²) in [6.07, 6.45) is -4.09. The number of hydrogen-bond donors (Lipinski definition) is 1. The number of carboxylic acid groups (broad SMARTS) is 1. The van der Waals surface area contributed by atoms with E-state index in [1.807, 2.05) is 0 Å². The Labute approximate surface area is 213 Å². The van der Waals surface area contributed by atoms with Crippen LogP contribution >= 0.6 is 15.9 Å². The molecule has 2 aromatic carbocycles. The van der Waals surface area contributed by atoms with Crippen LogP contribution in [0.3, 0.4) is 0 Å². The maximum absolute atomic E-state index is 14.5. The number of aromatic nitrogens is 5. The second kappa shape index (κ2) is 10.9. The molecule has 37 heavy (non-hydrogen) atoms. The van der Waals surface area contributed by atoms with Crippen LogP contribution in [-0.2, 0) is 17.5 Å². The SMILES string of the molecule is O=C(O)Cn1nnc(-c2cc(OCCCOc3cc(-c4ccc(C(F)(F)F)cc4)c(F)cc3Br)no2)n1. The lowest BCUT2D eigenvalue weighted by atomic mass is 10.0. The zero-order valence-electron chi connectivity index (χ0n) is 18.6. The predicted molar refractivity (Wildman–Crippen MR) is 121 cm³/mol. The van der Waals surface area contributed by atoms with E-state index in [4.69, 9.17) is 19.1 Å². The van der Waals surface area contributed by atoms with Gasteiger partial charge in [-0.3, -0.25) is 4.79 Å². The first-order valence-electron chi connectivity index (χ1n) is 10.5. The lowest BCUT2D eigenvalue weighted by Crippen LogP contribution is -2.11. The summed E-state index contributed by atoms with van der Waals surface area (Å²) in [4.78, 5) is 11.6. The molecule has 2 aromatic heterocycles. The molecule has 0 aliphatic carbocycles. The monoisotopic (exact) mass is 585 g/mol. The average Bonchev–Trinajstić information content (AvgIpc) is 3.49. The van der Waals surface area contributed by atoms with Gasteiger partial charge in [0.05, 0.1) is 29.3 Å². The van der Waals surface area contributed by atoms with Crippen molar-refractivity contribution in [3.8, 4) is 34.3 Å². The molecule has 2 heterocycles. The minimum absolute atomic E-state index is 0.0388.